The number of aromatic nitrogens is 3. The Hall–Kier alpha value is -1.07. The predicted molar refractivity (Wildman–Crippen MR) is 81.5 cm³/mol. The van der Waals surface area contributed by atoms with E-state index < -0.39 is 0 Å². The smallest absolute Gasteiger partial charge is 0.127 e. The van der Waals surface area contributed by atoms with E-state index in [0.717, 1.165) is 47.3 Å². The van der Waals surface area contributed by atoms with Gasteiger partial charge in [0.1, 0.15) is 5.75 Å². The Bertz CT molecular complexity index is 614. The minimum atomic E-state index is 0.653. The highest BCUT2D eigenvalue weighted by atomic mass is 79.9. The number of ether oxygens (including phenoxy) is 1. The molecule has 0 saturated heterocycles. The zero-order valence-electron chi connectivity index (χ0n) is 11.0. The monoisotopic (exact) mass is 355 g/mol. The molecule has 6 heteroatoms. The first-order valence-electron chi connectivity index (χ1n) is 6.65. The molecule has 0 saturated carbocycles. The summed E-state index contributed by atoms with van der Waals surface area (Å²) in [6, 6.07) is 4.21. The summed E-state index contributed by atoms with van der Waals surface area (Å²) in [5.74, 6) is 1.66. The molecule has 1 aromatic heterocycles. The quantitative estimate of drug-likeness (QED) is 0.772. The topological polar surface area (TPSA) is 39.9 Å². The van der Waals surface area contributed by atoms with Gasteiger partial charge in [-0.3, -0.25) is 0 Å². The molecule has 1 aliphatic rings. The van der Waals surface area contributed by atoms with Crippen LogP contribution in [0.5, 0.6) is 5.75 Å². The van der Waals surface area contributed by atoms with Crippen LogP contribution in [-0.2, 0) is 19.4 Å². The van der Waals surface area contributed by atoms with Gasteiger partial charge in [-0.15, -0.1) is 16.7 Å². The molecule has 0 aliphatic carbocycles. The van der Waals surface area contributed by atoms with E-state index in [0.29, 0.717) is 12.4 Å². The van der Waals surface area contributed by atoms with Gasteiger partial charge in [-0.25, -0.2) is 4.68 Å². The fraction of sp³-hybridized carbons (Fsp3) is 0.429. The normalized spacial score (nSPS) is 13.3. The van der Waals surface area contributed by atoms with Crippen molar-refractivity contribution in [2.45, 2.75) is 25.8 Å². The van der Waals surface area contributed by atoms with Gasteiger partial charge in [0.15, 0.2) is 0 Å². The Labute approximate surface area is 131 Å². The number of alkyl halides is 1. The average molecular weight is 357 g/mol. The maximum Gasteiger partial charge on any atom is 0.127 e. The van der Waals surface area contributed by atoms with Crippen LogP contribution in [0.25, 0.3) is 0 Å². The summed E-state index contributed by atoms with van der Waals surface area (Å²) in [5, 5.41) is 8.34. The fourth-order valence-electron chi connectivity index (χ4n) is 2.42. The molecule has 4 nitrogen and oxygen atoms in total. The van der Waals surface area contributed by atoms with Crippen LogP contribution in [0.4, 0.5) is 0 Å². The Balaban J connectivity index is 1.79. The number of hydrogen-bond acceptors (Lipinski definition) is 3. The van der Waals surface area contributed by atoms with Crippen LogP contribution in [-0.4, -0.2) is 27.5 Å². The zero-order valence-corrected chi connectivity index (χ0v) is 13.3. The van der Waals surface area contributed by atoms with Crippen LogP contribution < -0.4 is 4.74 Å². The van der Waals surface area contributed by atoms with Crippen molar-refractivity contribution in [3.8, 4) is 5.75 Å². The lowest BCUT2D eigenvalue weighted by Crippen LogP contribution is -2.02. The molecule has 0 bridgehead atoms. The third-order valence-corrected chi connectivity index (χ3v) is 4.04. The van der Waals surface area contributed by atoms with Crippen molar-refractivity contribution in [2.24, 2.45) is 0 Å². The summed E-state index contributed by atoms with van der Waals surface area (Å²) in [4.78, 5) is 0. The predicted octanol–water partition coefficient (Wildman–Crippen LogP) is 3.20. The first-order valence-corrected chi connectivity index (χ1v) is 7.98. The van der Waals surface area contributed by atoms with Crippen molar-refractivity contribution < 1.29 is 4.74 Å². The van der Waals surface area contributed by atoms with E-state index in [-0.39, 0.29) is 0 Å². The Morgan fingerprint density at radius 3 is 3.15 bits per heavy atom. The molecular weight excluding hydrogens is 342 g/mol. The van der Waals surface area contributed by atoms with Gasteiger partial charge in [0.25, 0.3) is 0 Å². The summed E-state index contributed by atoms with van der Waals surface area (Å²) in [5.41, 5.74) is 3.38. The van der Waals surface area contributed by atoms with Crippen LogP contribution in [0.15, 0.2) is 22.8 Å². The summed E-state index contributed by atoms with van der Waals surface area (Å²) in [6.07, 6.45) is 4.75. The third-order valence-electron chi connectivity index (χ3n) is 3.31. The van der Waals surface area contributed by atoms with Crippen molar-refractivity contribution in [3.63, 3.8) is 0 Å². The van der Waals surface area contributed by atoms with E-state index in [4.69, 9.17) is 16.3 Å². The van der Waals surface area contributed by atoms with E-state index in [2.05, 4.69) is 38.4 Å². The molecule has 0 radical (unpaired) electrons. The second kappa shape index (κ2) is 6.14. The van der Waals surface area contributed by atoms with Gasteiger partial charge in [0, 0.05) is 28.5 Å². The van der Waals surface area contributed by atoms with E-state index in [9.17, 15) is 0 Å². The summed E-state index contributed by atoms with van der Waals surface area (Å²) >= 11 is 9.25. The molecule has 2 aromatic rings. The molecule has 1 aliphatic heterocycles. The van der Waals surface area contributed by atoms with Gasteiger partial charge in [0.05, 0.1) is 18.8 Å². The summed E-state index contributed by atoms with van der Waals surface area (Å²) in [7, 11) is 0. The van der Waals surface area contributed by atoms with Gasteiger partial charge < -0.3 is 4.74 Å². The molecule has 0 amide bonds. The van der Waals surface area contributed by atoms with Crippen LogP contribution in [0.3, 0.4) is 0 Å². The molecule has 0 fully saturated rings. The average Bonchev–Trinajstić information content (AvgIpc) is 3.05. The van der Waals surface area contributed by atoms with E-state index in [1.165, 1.54) is 5.56 Å². The maximum absolute atomic E-state index is 5.73. The molecule has 106 valence electrons. The fourth-order valence-corrected chi connectivity index (χ4v) is 3.10. The third kappa shape index (κ3) is 2.99. The van der Waals surface area contributed by atoms with E-state index in [1.807, 2.05) is 10.9 Å². The molecule has 1 aromatic carbocycles. The van der Waals surface area contributed by atoms with Gasteiger partial charge in [0.2, 0.25) is 0 Å². The van der Waals surface area contributed by atoms with Gasteiger partial charge in [-0.1, -0.05) is 21.1 Å². The first kappa shape index (κ1) is 13.9. The van der Waals surface area contributed by atoms with Crippen molar-refractivity contribution in [1.29, 1.82) is 0 Å². The number of rotatable bonds is 5. The molecule has 0 N–H and O–H groups in total. The van der Waals surface area contributed by atoms with E-state index in [1.54, 1.807) is 0 Å². The van der Waals surface area contributed by atoms with Crippen LogP contribution in [0.2, 0.25) is 0 Å². The molecule has 0 unspecified atom stereocenters. The Kier molecular flexibility index (Phi) is 4.27. The zero-order chi connectivity index (χ0) is 13.9. The second-order valence-corrected chi connectivity index (χ2v) is 6.15. The van der Waals surface area contributed by atoms with Gasteiger partial charge >= 0.3 is 0 Å². The number of hydrogen-bond donors (Lipinski definition) is 0. The molecule has 2 heterocycles. The van der Waals surface area contributed by atoms with Crippen LogP contribution >= 0.6 is 27.5 Å². The number of benzene rings is 1. The van der Waals surface area contributed by atoms with Crippen molar-refractivity contribution in [1.82, 2.24) is 15.0 Å². The van der Waals surface area contributed by atoms with Gasteiger partial charge in [-0.05, 0) is 30.5 Å². The summed E-state index contributed by atoms with van der Waals surface area (Å²) < 4.78 is 8.67. The highest BCUT2D eigenvalue weighted by Crippen LogP contribution is 2.33. The lowest BCUT2D eigenvalue weighted by atomic mass is 10.1. The first-order chi connectivity index (χ1) is 9.76. The second-order valence-electron chi connectivity index (χ2n) is 4.85. The lowest BCUT2D eigenvalue weighted by Gasteiger charge is -2.08. The highest BCUT2D eigenvalue weighted by molar-refractivity contribution is 9.10. The Morgan fingerprint density at radius 2 is 2.30 bits per heavy atom. The number of fused-ring (bicyclic) bond motifs is 1. The largest absolute Gasteiger partial charge is 0.493 e. The summed E-state index contributed by atoms with van der Waals surface area (Å²) in [6.45, 7) is 1.44. The number of aryl methyl sites for hydroxylation is 1. The minimum Gasteiger partial charge on any atom is -0.493 e. The molecule has 0 spiro atoms. The van der Waals surface area contributed by atoms with Gasteiger partial charge in [-0.2, -0.15) is 0 Å². The minimum absolute atomic E-state index is 0.653. The molecular formula is C14H15BrClN3O. The van der Waals surface area contributed by atoms with E-state index >= 15 is 0 Å². The lowest BCUT2D eigenvalue weighted by molar-refractivity contribution is 0.352. The van der Waals surface area contributed by atoms with Crippen molar-refractivity contribution >= 4 is 27.5 Å². The number of nitrogens with zero attached hydrogens (tertiary/aromatic N) is 3. The van der Waals surface area contributed by atoms with Crippen LogP contribution in [0.1, 0.15) is 23.2 Å². The van der Waals surface area contributed by atoms with Crippen molar-refractivity contribution in [2.75, 3.05) is 12.5 Å². The van der Waals surface area contributed by atoms with Crippen molar-refractivity contribution in [3.05, 3.63) is 39.6 Å². The maximum atomic E-state index is 5.73. The molecule has 0 atom stereocenters. The molecule has 3 rings (SSSR count). The molecule has 20 heavy (non-hydrogen) atoms. The standard InChI is InChI=1S/C14H15BrClN3O/c15-12-6-10-3-5-20-14(10)11(7-12)8-19-9-13(17-18-19)2-1-4-16/h6-7,9H,1-5,8H2. The number of halogens is 2. The Morgan fingerprint density at radius 1 is 1.40 bits per heavy atom. The highest BCUT2D eigenvalue weighted by Gasteiger charge is 2.18. The van der Waals surface area contributed by atoms with Crippen LogP contribution in [0, 0.1) is 0 Å². The SMILES string of the molecule is ClCCCc1cn(Cc2cc(Br)cc3c2OCC3)nn1.